The van der Waals surface area contributed by atoms with E-state index >= 15 is 0 Å². The van der Waals surface area contributed by atoms with E-state index in [1.165, 1.54) is 19.1 Å². The Balaban J connectivity index is 2.50. The number of alkyl halides is 3. The van der Waals surface area contributed by atoms with Gasteiger partial charge in [0.2, 0.25) is 0 Å². The van der Waals surface area contributed by atoms with Gasteiger partial charge in [-0.2, -0.15) is 13.2 Å². The van der Waals surface area contributed by atoms with Gasteiger partial charge in [0.05, 0.1) is 10.0 Å². The highest BCUT2D eigenvalue weighted by molar-refractivity contribution is 6.42. The van der Waals surface area contributed by atoms with Crippen LogP contribution in [0.2, 0.25) is 15.2 Å². The first-order valence-corrected chi connectivity index (χ1v) is 6.86. The molecule has 0 radical (unpaired) electrons. The minimum absolute atomic E-state index is 0.0368. The van der Waals surface area contributed by atoms with E-state index in [0.717, 1.165) is 0 Å². The van der Waals surface area contributed by atoms with Crippen LogP contribution >= 0.6 is 34.8 Å². The zero-order valence-electron chi connectivity index (χ0n) is 10.6. The lowest BCUT2D eigenvalue weighted by molar-refractivity contribution is -0.141. The summed E-state index contributed by atoms with van der Waals surface area (Å²) >= 11 is 17.5. The summed E-state index contributed by atoms with van der Waals surface area (Å²) < 4.78 is 39.2. The van der Waals surface area contributed by atoms with Gasteiger partial charge in [0.25, 0.3) is 0 Å². The maximum atomic E-state index is 13.1. The highest BCUT2D eigenvalue weighted by Crippen LogP contribution is 2.34. The minimum Gasteiger partial charge on any atom is -0.228 e. The third-order valence-electron chi connectivity index (χ3n) is 2.70. The fourth-order valence-corrected chi connectivity index (χ4v) is 2.41. The monoisotopic (exact) mass is 354 g/mol. The molecular formula is C13H8Cl3F3N2. The number of hydrogen-bond acceptors (Lipinski definition) is 2. The van der Waals surface area contributed by atoms with Gasteiger partial charge in [0, 0.05) is 12.0 Å². The maximum Gasteiger partial charge on any atom is 0.433 e. The van der Waals surface area contributed by atoms with Gasteiger partial charge in [-0.1, -0.05) is 40.9 Å². The van der Waals surface area contributed by atoms with Gasteiger partial charge in [-0.3, -0.25) is 0 Å². The fourth-order valence-electron chi connectivity index (χ4n) is 1.81. The summed E-state index contributed by atoms with van der Waals surface area (Å²) in [6.07, 6.45) is -4.70. The molecule has 0 aliphatic heterocycles. The van der Waals surface area contributed by atoms with Crippen molar-refractivity contribution >= 4 is 34.8 Å². The van der Waals surface area contributed by atoms with Crippen LogP contribution < -0.4 is 0 Å². The molecule has 1 heterocycles. The molecule has 0 aliphatic rings. The number of halogens is 6. The van der Waals surface area contributed by atoms with Crippen molar-refractivity contribution in [3.8, 4) is 0 Å². The van der Waals surface area contributed by atoms with Crippen molar-refractivity contribution in [3.63, 3.8) is 0 Å². The van der Waals surface area contributed by atoms with Crippen LogP contribution in [0.25, 0.3) is 0 Å². The highest BCUT2D eigenvalue weighted by atomic mass is 35.5. The lowest BCUT2D eigenvalue weighted by Crippen LogP contribution is -2.15. The summed E-state index contributed by atoms with van der Waals surface area (Å²) in [6, 6.07) is 4.57. The van der Waals surface area contributed by atoms with Crippen LogP contribution in [0.15, 0.2) is 18.2 Å². The second kappa shape index (κ2) is 5.99. The van der Waals surface area contributed by atoms with Crippen molar-refractivity contribution < 1.29 is 13.2 Å². The molecule has 0 saturated heterocycles. The van der Waals surface area contributed by atoms with Gasteiger partial charge in [-0.15, -0.1) is 0 Å². The molecule has 21 heavy (non-hydrogen) atoms. The molecule has 2 aromatic rings. The Hall–Kier alpha value is -1.04. The zero-order chi connectivity index (χ0) is 15.8. The predicted molar refractivity (Wildman–Crippen MR) is 76.0 cm³/mol. The summed E-state index contributed by atoms with van der Waals surface area (Å²) in [7, 11) is 0. The zero-order valence-corrected chi connectivity index (χ0v) is 12.9. The van der Waals surface area contributed by atoms with Crippen molar-refractivity contribution in [2.24, 2.45) is 0 Å². The van der Waals surface area contributed by atoms with Crippen molar-refractivity contribution in [2.75, 3.05) is 0 Å². The van der Waals surface area contributed by atoms with Crippen LogP contribution in [0.5, 0.6) is 0 Å². The first kappa shape index (κ1) is 16.3. The molecule has 0 atom stereocenters. The summed E-state index contributed by atoms with van der Waals surface area (Å²) in [5.74, 6) is -0.0368. The van der Waals surface area contributed by atoms with Crippen LogP contribution in [-0.2, 0) is 12.6 Å². The van der Waals surface area contributed by atoms with E-state index in [1.807, 2.05) is 0 Å². The molecule has 0 aliphatic carbocycles. The molecule has 2 rings (SSSR count). The molecule has 1 aromatic heterocycles. The van der Waals surface area contributed by atoms with Gasteiger partial charge >= 0.3 is 6.18 Å². The summed E-state index contributed by atoms with van der Waals surface area (Å²) in [5, 5.41) is 0.357. The largest absolute Gasteiger partial charge is 0.433 e. The van der Waals surface area contributed by atoms with Crippen LogP contribution in [0.3, 0.4) is 0 Å². The number of benzene rings is 1. The molecule has 0 saturated carbocycles. The van der Waals surface area contributed by atoms with Gasteiger partial charge < -0.3 is 0 Å². The first-order chi connectivity index (χ1) is 9.68. The Morgan fingerprint density at radius 3 is 2.29 bits per heavy atom. The SMILES string of the molecule is Cc1nc(Cl)c(Cc2ccc(Cl)c(Cl)c2)c(C(F)(F)F)n1. The molecule has 0 amide bonds. The lowest BCUT2D eigenvalue weighted by Gasteiger charge is -2.14. The molecule has 2 nitrogen and oxygen atoms in total. The number of nitrogens with zero attached hydrogens (tertiary/aromatic N) is 2. The van der Waals surface area contributed by atoms with Crippen LogP contribution in [0, 0.1) is 6.92 Å². The van der Waals surface area contributed by atoms with Gasteiger partial charge in [-0.05, 0) is 24.6 Å². The standard InChI is InChI=1S/C13H8Cl3F3N2/c1-6-20-11(13(17,18)19)8(12(16)21-6)4-7-2-3-9(14)10(15)5-7/h2-3,5H,4H2,1H3. The Kier molecular flexibility index (Phi) is 4.66. The van der Waals surface area contributed by atoms with Crippen LogP contribution in [0.1, 0.15) is 22.6 Å². The van der Waals surface area contributed by atoms with E-state index < -0.39 is 11.9 Å². The van der Waals surface area contributed by atoms with E-state index in [9.17, 15) is 13.2 Å². The third kappa shape index (κ3) is 3.78. The highest BCUT2D eigenvalue weighted by Gasteiger charge is 2.37. The van der Waals surface area contributed by atoms with E-state index in [-0.39, 0.29) is 28.0 Å². The first-order valence-electron chi connectivity index (χ1n) is 5.72. The second-order valence-corrected chi connectivity index (χ2v) is 5.48. The second-order valence-electron chi connectivity index (χ2n) is 4.31. The third-order valence-corrected chi connectivity index (χ3v) is 3.75. The molecule has 0 N–H and O–H groups in total. The van der Waals surface area contributed by atoms with Crippen LogP contribution in [-0.4, -0.2) is 9.97 Å². The minimum atomic E-state index is -4.61. The van der Waals surface area contributed by atoms with Gasteiger partial charge in [0.1, 0.15) is 11.0 Å². The summed E-state index contributed by atoms with van der Waals surface area (Å²) in [6.45, 7) is 1.35. The topological polar surface area (TPSA) is 25.8 Å². The fraction of sp³-hybridized carbons (Fsp3) is 0.231. The van der Waals surface area contributed by atoms with E-state index in [4.69, 9.17) is 34.8 Å². The molecular weight excluding hydrogens is 348 g/mol. The average Bonchev–Trinajstić information content (AvgIpc) is 2.35. The van der Waals surface area contributed by atoms with Gasteiger partial charge in [-0.25, -0.2) is 9.97 Å². The van der Waals surface area contributed by atoms with E-state index in [1.54, 1.807) is 6.07 Å². The quantitative estimate of drug-likeness (QED) is 0.678. The summed E-state index contributed by atoms with van der Waals surface area (Å²) in [4.78, 5) is 7.24. The Morgan fingerprint density at radius 2 is 1.71 bits per heavy atom. The average molecular weight is 356 g/mol. The van der Waals surface area contributed by atoms with Crippen molar-refractivity contribution in [2.45, 2.75) is 19.5 Å². The van der Waals surface area contributed by atoms with Crippen LogP contribution in [0.4, 0.5) is 13.2 Å². The van der Waals surface area contributed by atoms with E-state index in [2.05, 4.69) is 9.97 Å². The molecule has 1 aromatic carbocycles. The Morgan fingerprint density at radius 1 is 1.05 bits per heavy atom. The number of rotatable bonds is 2. The molecule has 0 unspecified atom stereocenters. The van der Waals surface area contributed by atoms with Crippen molar-refractivity contribution in [1.29, 1.82) is 0 Å². The number of aromatic nitrogens is 2. The summed E-state index contributed by atoms with van der Waals surface area (Å²) in [5.41, 5.74) is -0.691. The molecule has 0 spiro atoms. The normalized spacial score (nSPS) is 11.8. The van der Waals surface area contributed by atoms with Gasteiger partial charge in [0.15, 0.2) is 5.69 Å². The smallest absolute Gasteiger partial charge is 0.228 e. The molecule has 0 bridgehead atoms. The number of aryl methyl sites for hydroxylation is 1. The van der Waals surface area contributed by atoms with Crippen molar-refractivity contribution in [3.05, 3.63) is 56.0 Å². The Bertz CT molecular complexity index is 687. The Labute approximate surface area is 133 Å². The van der Waals surface area contributed by atoms with Crippen molar-refractivity contribution in [1.82, 2.24) is 9.97 Å². The van der Waals surface area contributed by atoms with E-state index in [0.29, 0.717) is 10.6 Å². The molecule has 8 heteroatoms. The molecule has 0 fully saturated rings. The maximum absolute atomic E-state index is 13.1. The predicted octanol–water partition coefficient (Wildman–Crippen LogP) is 5.35. The molecule has 112 valence electrons. The lowest BCUT2D eigenvalue weighted by atomic mass is 10.0. The number of hydrogen-bond donors (Lipinski definition) is 0.